The molecule has 3 aromatic rings. The maximum atomic E-state index is 11.1. The SMILES string of the molecule is O=C(O)c1ccc(Cn2ccc3cccc([N+](=O)[O-])c32)o1. The number of non-ortho nitro benzene ring substituents is 1. The molecule has 0 radical (unpaired) electrons. The van der Waals surface area contributed by atoms with Crippen molar-refractivity contribution >= 4 is 22.6 Å². The van der Waals surface area contributed by atoms with Crippen LogP contribution in [0.1, 0.15) is 16.3 Å². The number of hydrogen-bond donors (Lipinski definition) is 1. The Morgan fingerprint density at radius 1 is 1.29 bits per heavy atom. The smallest absolute Gasteiger partial charge is 0.371 e. The van der Waals surface area contributed by atoms with Gasteiger partial charge in [0.05, 0.1) is 11.5 Å². The lowest BCUT2D eigenvalue weighted by atomic mass is 10.2. The lowest BCUT2D eigenvalue weighted by Crippen LogP contribution is -2.00. The summed E-state index contributed by atoms with van der Waals surface area (Å²) >= 11 is 0. The van der Waals surface area contributed by atoms with E-state index < -0.39 is 10.9 Å². The molecular weight excluding hydrogens is 276 g/mol. The highest BCUT2D eigenvalue weighted by Gasteiger charge is 2.16. The second kappa shape index (κ2) is 4.78. The summed E-state index contributed by atoms with van der Waals surface area (Å²) in [5.74, 6) is -0.886. The number of benzene rings is 1. The second-order valence-corrected chi connectivity index (χ2v) is 4.49. The van der Waals surface area contributed by atoms with E-state index in [1.165, 1.54) is 12.1 Å². The fourth-order valence-electron chi connectivity index (χ4n) is 2.27. The van der Waals surface area contributed by atoms with Gasteiger partial charge in [0.25, 0.3) is 5.69 Å². The van der Waals surface area contributed by atoms with Gasteiger partial charge >= 0.3 is 5.97 Å². The van der Waals surface area contributed by atoms with Gasteiger partial charge in [-0.15, -0.1) is 0 Å². The molecule has 0 fully saturated rings. The number of furan rings is 1. The Labute approximate surface area is 118 Å². The van der Waals surface area contributed by atoms with Crippen molar-refractivity contribution in [2.24, 2.45) is 0 Å². The highest BCUT2D eigenvalue weighted by atomic mass is 16.6. The molecular formula is C14H10N2O5. The zero-order valence-corrected chi connectivity index (χ0v) is 10.7. The minimum Gasteiger partial charge on any atom is -0.475 e. The van der Waals surface area contributed by atoms with Gasteiger partial charge in [-0.05, 0) is 18.2 Å². The molecule has 0 atom stereocenters. The molecule has 7 heteroatoms. The summed E-state index contributed by atoms with van der Waals surface area (Å²) in [6.45, 7) is 0.224. The molecule has 21 heavy (non-hydrogen) atoms. The van der Waals surface area contributed by atoms with Gasteiger partial charge in [0, 0.05) is 17.6 Å². The summed E-state index contributed by atoms with van der Waals surface area (Å²) in [4.78, 5) is 21.4. The predicted octanol–water partition coefficient (Wildman–Crippen LogP) is 2.89. The van der Waals surface area contributed by atoms with E-state index in [-0.39, 0.29) is 18.0 Å². The Morgan fingerprint density at radius 3 is 2.76 bits per heavy atom. The average molecular weight is 286 g/mol. The Kier molecular flexibility index (Phi) is 2.94. The van der Waals surface area contributed by atoms with Crippen LogP contribution in [-0.2, 0) is 6.54 Å². The summed E-state index contributed by atoms with van der Waals surface area (Å²) < 4.78 is 6.84. The Bertz CT molecular complexity index is 846. The summed E-state index contributed by atoms with van der Waals surface area (Å²) in [7, 11) is 0. The van der Waals surface area contributed by atoms with Crippen LogP contribution in [-0.4, -0.2) is 20.6 Å². The number of hydrogen-bond acceptors (Lipinski definition) is 4. The first kappa shape index (κ1) is 12.9. The van der Waals surface area contributed by atoms with Crippen molar-refractivity contribution in [1.82, 2.24) is 4.57 Å². The van der Waals surface area contributed by atoms with Crippen LogP contribution in [0.3, 0.4) is 0 Å². The molecule has 0 aliphatic rings. The molecule has 2 heterocycles. The predicted molar refractivity (Wildman–Crippen MR) is 73.4 cm³/mol. The van der Waals surface area contributed by atoms with E-state index in [4.69, 9.17) is 9.52 Å². The van der Waals surface area contributed by atoms with E-state index in [0.717, 1.165) is 5.39 Å². The van der Waals surface area contributed by atoms with Crippen molar-refractivity contribution in [2.45, 2.75) is 6.54 Å². The van der Waals surface area contributed by atoms with Crippen LogP contribution in [0.15, 0.2) is 47.0 Å². The van der Waals surface area contributed by atoms with Crippen LogP contribution in [0.25, 0.3) is 10.9 Å². The van der Waals surface area contributed by atoms with E-state index in [9.17, 15) is 14.9 Å². The summed E-state index contributed by atoms with van der Waals surface area (Å²) in [5, 5.41) is 20.7. The number of nitro benzene ring substituents is 1. The molecule has 0 saturated carbocycles. The fourth-order valence-corrected chi connectivity index (χ4v) is 2.27. The summed E-state index contributed by atoms with van der Waals surface area (Å²) in [6.07, 6.45) is 1.71. The van der Waals surface area contributed by atoms with Crippen molar-refractivity contribution in [1.29, 1.82) is 0 Å². The lowest BCUT2D eigenvalue weighted by molar-refractivity contribution is -0.383. The van der Waals surface area contributed by atoms with E-state index in [2.05, 4.69) is 0 Å². The van der Waals surface area contributed by atoms with Gasteiger partial charge in [0.2, 0.25) is 5.76 Å². The molecule has 0 saturated heterocycles. The molecule has 0 aliphatic carbocycles. The third-order valence-corrected chi connectivity index (χ3v) is 3.16. The van der Waals surface area contributed by atoms with Gasteiger partial charge in [0.15, 0.2) is 0 Å². The molecule has 0 aliphatic heterocycles. The molecule has 106 valence electrons. The summed E-state index contributed by atoms with van der Waals surface area (Å²) in [5.41, 5.74) is 0.485. The second-order valence-electron chi connectivity index (χ2n) is 4.49. The maximum absolute atomic E-state index is 11.1. The zero-order chi connectivity index (χ0) is 15.0. The lowest BCUT2D eigenvalue weighted by Gasteiger charge is -2.03. The van der Waals surface area contributed by atoms with Crippen LogP contribution in [0.2, 0.25) is 0 Å². The molecule has 7 nitrogen and oxygen atoms in total. The molecule has 0 unspecified atom stereocenters. The van der Waals surface area contributed by atoms with Gasteiger partial charge in [-0.1, -0.05) is 12.1 Å². The Morgan fingerprint density at radius 2 is 2.10 bits per heavy atom. The van der Waals surface area contributed by atoms with Crippen molar-refractivity contribution < 1.29 is 19.2 Å². The number of carboxylic acid groups (broad SMARTS) is 1. The van der Waals surface area contributed by atoms with Gasteiger partial charge in [-0.3, -0.25) is 10.1 Å². The average Bonchev–Trinajstić information content (AvgIpc) is 3.06. The molecule has 1 aromatic carbocycles. The number of para-hydroxylation sites is 1. The molecule has 0 amide bonds. The number of rotatable bonds is 4. The number of carboxylic acids is 1. The van der Waals surface area contributed by atoms with Gasteiger partial charge in [-0.25, -0.2) is 4.79 Å². The number of aromatic nitrogens is 1. The van der Waals surface area contributed by atoms with Crippen LogP contribution >= 0.6 is 0 Å². The number of fused-ring (bicyclic) bond motifs is 1. The van der Waals surface area contributed by atoms with Crippen molar-refractivity contribution in [3.8, 4) is 0 Å². The Balaban J connectivity index is 2.04. The maximum Gasteiger partial charge on any atom is 0.371 e. The fraction of sp³-hybridized carbons (Fsp3) is 0.0714. The first-order valence-corrected chi connectivity index (χ1v) is 6.10. The topological polar surface area (TPSA) is 98.5 Å². The van der Waals surface area contributed by atoms with E-state index in [1.807, 2.05) is 0 Å². The van der Waals surface area contributed by atoms with E-state index in [1.54, 1.807) is 35.0 Å². The van der Waals surface area contributed by atoms with E-state index >= 15 is 0 Å². The van der Waals surface area contributed by atoms with Crippen LogP contribution < -0.4 is 0 Å². The highest BCUT2D eigenvalue weighted by molar-refractivity contribution is 5.88. The molecule has 3 rings (SSSR count). The first-order valence-electron chi connectivity index (χ1n) is 6.10. The number of carbonyl (C=O) groups is 1. The standard InChI is InChI=1S/C14H10N2O5/c17-14(18)12-5-4-10(21-12)8-15-7-6-9-2-1-3-11(13(9)15)16(19)20/h1-7H,8H2,(H,17,18). The van der Waals surface area contributed by atoms with Gasteiger partial charge in [0.1, 0.15) is 11.3 Å². The monoisotopic (exact) mass is 286 g/mol. The minimum absolute atomic E-state index is 0.00233. The van der Waals surface area contributed by atoms with Crippen molar-refractivity contribution in [2.75, 3.05) is 0 Å². The normalized spacial score (nSPS) is 10.9. The van der Waals surface area contributed by atoms with E-state index in [0.29, 0.717) is 11.3 Å². The molecule has 0 spiro atoms. The van der Waals surface area contributed by atoms with Crippen LogP contribution in [0, 0.1) is 10.1 Å². The minimum atomic E-state index is -1.15. The largest absolute Gasteiger partial charge is 0.475 e. The third kappa shape index (κ3) is 2.25. The van der Waals surface area contributed by atoms with Crippen LogP contribution in [0.5, 0.6) is 0 Å². The number of nitrogens with zero attached hydrogens (tertiary/aromatic N) is 2. The number of aromatic carboxylic acids is 1. The third-order valence-electron chi connectivity index (χ3n) is 3.16. The van der Waals surface area contributed by atoms with Gasteiger partial charge < -0.3 is 14.1 Å². The summed E-state index contributed by atoms with van der Waals surface area (Å²) in [6, 6.07) is 9.51. The van der Waals surface area contributed by atoms with Crippen molar-refractivity contribution in [3.63, 3.8) is 0 Å². The quantitative estimate of drug-likeness (QED) is 0.587. The zero-order valence-electron chi connectivity index (χ0n) is 10.7. The number of nitro groups is 1. The molecule has 1 N–H and O–H groups in total. The van der Waals surface area contributed by atoms with Crippen LogP contribution in [0.4, 0.5) is 5.69 Å². The van der Waals surface area contributed by atoms with Gasteiger partial charge in [-0.2, -0.15) is 0 Å². The first-order chi connectivity index (χ1) is 10.1. The molecule has 2 aromatic heterocycles. The highest BCUT2D eigenvalue weighted by Crippen LogP contribution is 2.27. The van der Waals surface area contributed by atoms with Crippen molar-refractivity contribution in [3.05, 3.63) is 64.2 Å². The Hall–Kier alpha value is -3.09. The molecule has 0 bridgehead atoms.